The number of hydrogen-bond donors (Lipinski definition) is 0. The van der Waals surface area contributed by atoms with Gasteiger partial charge in [0.15, 0.2) is 0 Å². The molecule has 0 spiro atoms. The van der Waals surface area contributed by atoms with Gasteiger partial charge < -0.3 is 4.90 Å². The van der Waals surface area contributed by atoms with E-state index < -0.39 is 0 Å². The monoisotopic (exact) mass is 397 g/mol. The van der Waals surface area contributed by atoms with Crippen molar-refractivity contribution in [3.05, 3.63) is 29.8 Å². The largest absolute Gasteiger partial charge is 0.361 e. The van der Waals surface area contributed by atoms with Crippen LogP contribution in [0.3, 0.4) is 0 Å². The Balaban J connectivity index is 1.91. The third-order valence-corrected chi connectivity index (χ3v) is 8.47. The Kier molecular flexibility index (Phi) is 6.81. The second kappa shape index (κ2) is 8.82. The molecule has 0 unspecified atom stereocenters. The highest BCUT2D eigenvalue weighted by Gasteiger charge is 2.46. The Hall–Kier alpha value is -1.31. The summed E-state index contributed by atoms with van der Waals surface area (Å²) in [5.41, 5.74) is 2.49. The number of hydrogen-bond acceptors (Lipinski definition) is 2. The van der Waals surface area contributed by atoms with Gasteiger partial charge in [0.2, 0.25) is 0 Å². The number of aldehydes is 1. The zero-order valence-corrected chi connectivity index (χ0v) is 19.7. The fourth-order valence-corrected chi connectivity index (χ4v) is 6.28. The molecule has 0 aliphatic heterocycles. The van der Waals surface area contributed by atoms with Crippen LogP contribution in [0.5, 0.6) is 0 Å². The number of carbonyl (C=O) groups is 1. The van der Waals surface area contributed by atoms with Crippen LogP contribution in [0, 0.1) is 23.7 Å². The molecular formula is C27H43NO. The van der Waals surface area contributed by atoms with Crippen LogP contribution in [0.2, 0.25) is 0 Å². The quantitative estimate of drug-likeness (QED) is 0.463. The summed E-state index contributed by atoms with van der Waals surface area (Å²) >= 11 is 0. The average Bonchev–Trinajstić information content (AvgIpc) is 2.69. The maximum Gasteiger partial charge on any atom is 0.150 e. The van der Waals surface area contributed by atoms with Crippen molar-refractivity contribution in [2.45, 2.75) is 104 Å². The van der Waals surface area contributed by atoms with E-state index in [-0.39, 0.29) is 11.1 Å². The molecule has 0 N–H and O–H groups in total. The van der Waals surface area contributed by atoms with Gasteiger partial charge in [-0.3, -0.25) is 4.79 Å². The van der Waals surface area contributed by atoms with E-state index in [1.54, 1.807) is 0 Å². The molecule has 2 fully saturated rings. The summed E-state index contributed by atoms with van der Waals surface area (Å²) < 4.78 is 0. The molecule has 1 aromatic rings. The summed E-state index contributed by atoms with van der Waals surface area (Å²) in [5.74, 6) is 3.31. The lowest BCUT2D eigenvalue weighted by Crippen LogP contribution is -2.61. The molecule has 0 saturated heterocycles. The van der Waals surface area contributed by atoms with Gasteiger partial charge in [-0.15, -0.1) is 0 Å². The third kappa shape index (κ3) is 4.72. The highest BCUT2D eigenvalue weighted by Crippen LogP contribution is 2.49. The van der Waals surface area contributed by atoms with Crippen LogP contribution in [-0.4, -0.2) is 17.4 Å². The van der Waals surface area contributed by atoms with Gasteiger partial charge in [-0.2, -0.15) is 0 Å². The molecule has 29 heavy (non-hydrogen) atoms. The van der Waals surface area contributed by atoms with Crippen molar-refractivity contribution in [2.24, 2.45) is 23.7 Å². The number of benzene rings is 1. The first kappa shape index (κ1) is 22.4. The molecule has 2 aliphatic carbocycles. The van der Waals surface area contributed by atoms with Gasteiger partial charge in [-0.1, -0.05) is 27.7 Å². The summed E-state index contributed by atoms with van der Waals surface area (Å²) in [6.07, 6.45) is 11.4. The summed E-state index contributed by atoms with van der Waals surface area (Å²) in [7, 11) is 0. The molecule has 0 bridgehead atoms. The minimum Gasteiger partial charge on any atom is -0.361 e. The standard InChI is InChI=1S/C27H43NO/c1-20(2)23-11-15-26(5,16-12-23)28(25-9-7-22(19-29)8-10-25)27(6)17-13-24(14-18-27)21(3)4/h7-10,19-21,23-24H,11-18H2,1-6H3. The third-order valence-electron chi connectivity index (χ3n) is 8.47. The van der Waals surface area contributed by atoms with Gasteiger partial charge in [0.1, 0.15) is 6.29 Å². The van der Waals surface area contributed by atoms with Crippen LogP contribution in [0.25, 0.3) is 0 Å². The van der Waals surface area contributed by atoms with Gasteiger partial charge in [0, 0.05) is 22.3 Å². The molecule has 2 nitrogen and oxygen atoms in total. The summed E-state index contributed by atoms with van der Waals surface area (Å²) in [6, 6.07) is 8.40. The van der Waals surface area contributed by atoms with Gasteiger partial charge >= 0.3 is 0 Å². The molecular weight excluding hydrogens is 354 g/mol. The fraction of sp³-hybridized carbons (Fsp3) is 0.741. The van der Waals surface area contributed by atoms with Crippen molar-refractivity contribution in [1.29, 1.82) is 0 Å². The van der Waals surface area contributed by atoms with Crippen molar-refractivity contribution in [2.75, 3.05) is 4.90 Å². The lowest BCUT2D eigenvalue weighted by atomic mass is 9.67. The van der Waals surface area contributed by atoms with Gasteiger partial charge in [0.05, 0.1) is 0 Å². The minimum atomic E-state index is 0.202. The van der Waals surface area contributed by atoms with Gasteiger partial charge in [-0.25, -0.2) is 0 Å². The molecule has 0 heterocycles. The molecule has 0 aromatic heterocycles. The van der Waals surface area contributed by atoms with Gasteiger partial charge in [-0.05, 0) is 113 Å². The first-order valence-electron chi connectivity index (χ1n) is 12.0. The SMILES string of the molecule is CC(C)C1CCC(C)(N(c2ccc(C=O)cc2)C2(C)CCC(C(C)C)CC2)CC1. The first-order chi connectivity index (χ1) is 13.7. The first-order valence-corrected chi connectivity index (χ1v) is 12.0. The number of rotatable bonds is 6. The van der Waals surface area contributed by atoms with E-state index in [0.29, 0.717) is 0 Å². The van der Waals surface area contributed by atoms with Crippen LogP contribution in [0.15, 0.2) is 24.3 Å². The minimum absolute atomic E-state index is 0.202. The smallest absolute Gasteiger partial charge is 0.150 e. The van der Waals surface area contributed by atoms with Crippen LogP contribution in [0.4, 0.5) is 5.69 Å². The Morgan fingerprint density at radius 1 is 0.793 bits per heavy atom. The lowest BCUT2D eigenvalue weighted by molar-refractivity contribution is 0.112. The molecule has 0 amide bonds. The molecule has 3 rings (SSSR count). The van der Waals surface area contributed by atoms with Crippen molar-refractivity contribution in [1.82, 2.24) is 0 Å². The maximum absolute atomic E-state index is 11.2. The van der Waals surface area contributed by atoms with E-state index >= 15 is 0 Å². The highest BCUT2D eigenvalue weighted by molar-refractivity contribution is 5.76. The highest BCUT2D eigenvalue weighted by atomic mass is 16.1. The summed E-state index contributed by atoms with van der Waals surface area (Å²) in [6.45, 7) is 14.6. The normalized spacial score (nSPS) is 33.1. The second-order valence-corrected chi connectivity index (χ2v) is 11.2. The van der Waals surface area contributed by atoms with Crippen LogP contribution >= 0.6 is 0 Å². The fourth-order valence-electron chi connectivity index (χ4n) is 6.28. The molecule has 2 heteroatoms. The van der Waals surface area contributed by atoms with E-state index in [9.17, 15) is 4.79 Å². The number of anilines is 1. The van der Waals surface area contributed by atoms with Crippen LogP contribution < -0.4 is 4.90 Å². The molecule has 2 aliphatic rings. The van der Waals surface area contributed by atoms with E-state index in [1.807, 2.05) is 12.1 Å². The zero-order valence-electron chi connectivity index (χ0n) is 19.7. The molecule has 1 aromatic carbocycles. The van der Waals surface area contributed by atoms with E-state index in [0.717, 1.165) is 35.5 Å². The Labute approximate surface area is 179 Å². The second-order valence-electron chi connectivity index (χ2n) is 11.2. The van der Waals surface area contributed by atoms with Crippen molar-refractivity contribution < 1.29 is 4.79 Å². The topological polar surface area (TPSA) is 20.3 Å². The van der Waals surface area contributed by atoms with Crippen LogP contribution in [0.1, 0.15) is 103 Å². The Morgan fingerprint density at radius 3 is 1.48 bits per heavy atom. The summed E-state index contributed by atoms with van der Waals surface area (Å²) in [5, 5.41) is 0. The Morgan fingerprint density at radius 2 is 1.17 bits per heavy atom. The molecule has 0 radical (unpaired) electrons. The van der Waals surface area contributed by atoms with Gasteiger partial charge in [0.25, 0.3) is 0 Å². The van der Waals surface area contributed by atoms with E-state index in [4.69, 9.17) is 0 Å². The molecule has 2 saturated carbocycles. The summed E-state index contributed by atoms with van der Waals surface area (Å²) in [4.78, 5) is 14.0. The molecule has 162 valence electrons. The number of carbonyl (C=O) groups excluding carboxylic acids is 1. The lowest BCUT2D eigenvalue weighted by Gasteiger charge is -2.58. The predicted molar refractivity (Wildman–Crippen MR) is 125 cm³/mol. The van der Waals surface area contributed by atoms with Crippen molar-refractivity contribution in [3.63, 3.8) is 0 Å². The van der Waals surface area contributed by atoms with E-state index in [1.165, 1.54) is 57.1 Å². The van der Waals surface area contributed by atoms with Crippen LogP contribution in [-0.2, 0) is 0 Å². The van der Waals surface area contributed by atoms with E-state index in [2.05, 4.69) is 58.6 Å². The van der Waals surface area contributed by atoms with Crippen molar-refractivity contribution in [3.8, 4) is 0 Å². The average molecular weight is 398 g/mol. The molecule has 0 atom stereocenters. The van der Waals surface area contributed by atoms with Crippen molar-refractivity contribution >= 4 is 12.0 Å². The maximum atomic E-state index is 11.2. The predicted octanol–water partition coefficient (Wildman–Crippen LogP) is 7.52. The zero-order chi connectivity index (χ0) is 21.2. The Bertz CT molecular complexity index is 624. The number of nitrogens with zero attached hydrogens (tertiary/aromatic N) is 1.